The van der Waals surface area contributed by atoms with E-state index in [0.29, 0.717) is 10.9 Å². The number of hydrogen-bond acceptors (Lipinski definition) is 4. The van der Waals surface area contributed by atoms with Crippen LogP contribution in [0.4, 0.5) is 5.69 Å². The van der Waals surface area contributed by atoms with Crippen molar-refractivity contribution in [2.45, 2.75) is 29.9 Å². The van der Waals surface area contributed by atoms with Gasteiger partial charge in [-0.3, -0.25) is 0 Å². The van der Waals surface area contributed by atoms with Gasteiger partial charge in [0, 0.05) is 29.0 Å². The third-order valence-corrected chi connectivity index (χ3v) is 4.37. The first kappa shape index (κ1) is 13.2. The summed E-state index contributed by atoms with van der Waals surface area (Å²) in [6, 6.07) is 3.63. The van der Waals surface area contributed by atoms with E-state index in [4.69, 9.17) is 15.6 Å². The number of aromatic carboxylic acids is 1. The van der Waals surface area contributed by atoms with Gasteiger partial charge in [0.15, 0.2) is 0 Å². The van der Waals surface area contributed by atoms with Crippen molar-refractivity contribution in [3.05, 3.63) is 23.3 Å². The lowest BCUT2D eigenvalue weighted by Crippen LogP contribution is -2.17. The highest BCUT2D eigenvalue weighted by molar-refractivity contribution is 8.00. The second kappa shape index (κ2) is 5.63. The van der Waals surface area contributed by atoms with E-state index in [0.717, 1.165) is 36.5 Å². The Balaban J connectivity index is 2.20. The van der Waals surface area contributed by atoms with Gasteiger partial charge in [0.25, 0.3) is 0 Å². The van der Waals surface area contributed by atoms with Crippen LogP contribution in [0.15, 0.2) is 17.0 Å². The Labute approximate surface area is 111 Å². The third-order valence-electron chi connectivity index (χ3n) is 3.06. The summed E-state index contributed by atoms with van der Waals surface area (Å²) in [5, 5.41) is 9.61. The second-order valence-corrected chi connectivity index (χ2v) is 5.81. The van der Waals surface area contributed by atoms with Crippen LogP contribution in [0.5, 0.6) is 0 Å². The highest BCUT2D eigenvalue weighted by Crippen LogP contribution is 2.33. The molecule has 1 aromatic rings. The molecular formula is C13H17NO3S. The quantitative estimate of drug-likeness (QED) is 0.823. The van der Waals surface area contributed by atoms with Crippen molar-refractivity contribution in [3.8, 4) is 0 Å². The molecule has 5 heteroatoms. The predicted octanol–water partition coefficient (Wildman–Crippen LogP) is 2.55. The van der Waals surface area contributed by atoms with Crippen LogP contribution in [0.3, 0.4) is 0 Å². The predicted molar refractivity (Wildman–Crippen MR) is 72.2 cm³/mol. The molecule has 98 valence electrons. The minimum absolute atomic E-state index is 0.199. The molecule has 3 N–H and O–H groups in total. The number of carbonyl (C=O) groups is 1. The number of carboxylic acid groups (broad SMARTS) is 1. The fourth-order valence-corrected chi connectivity index (χ4v) is 3.24. The summed E-state index contributed by atoms with van der Waals surface area (Å²) in [4.78, 5) is 12.1. The summed E-state index contributed by atoms with van der Waals surface area (Å²) in [6.07, 6.45) is 2.02. The van der Waals surface area contributed by atoms with Crippen LogP contribution in [0.2, 0.25) is 0 Å². The molecule has 0 aliphatic carbocycles. The molecule has 1 fully saturated rings. The van der Waals surface area contributed by atoms with Crippen molar-refractivity contribution in [2.24, 2.45) is 0 Å². The maximum Gasteiger partial charge on any atom is 0.337 e. The summed E-state index contributed by atoms with van der Waals surface area (Å²) in [5.74, 6) is -0.968. The van der Waals surface area contributed by atoms with Crippen LogP contribution in [-0.4, -0.2) is 29.5 Å². The first-order chi connectivity index (χ1) is 8.58. The molecule has 1 aromatic carbocycles. The van der Waals surface area contributed by atoms with Gasteiger partial charge in [0.2, 0.25) is 0 Å². The van der Waals surface area contributed by atoms with Gasteiger partial charge >= 0.3 is 5.97 Å². The Morgan fingerprint density at radius 1 is 1.44 bits per heavy atom. The topological polar surface area (TPSA) is 72.5 Å². The number of benzene rings is 1. The van der Waals surface area contributed by atoms with Gasteiger partial charge in [-0.05, 0) is 37.5 Å². The van der Waals surface area contributed by atoms with Crippen LogP contribution >= 0.6 is 11.8 Å². The second-order valence-electron chi connectivity index (χ2n) is 4.44. The van der Waals surface area contributed by atoms with Crippen LogP contribution in [0.1, 0.15) is 28.8 Å². The monoisotopic (exact) mass is 267 g/mol. The molecule has 1 aliphatic heterocycles. The number of aryl methyl sites for hydroxylation is 1. The minimum Gasteiger partial charge on any atom is -0.478 e. The molecule has 2 rings (SSSR count). The molecule has 0 spiro atoms. The molecule has 0 unspecified atom stereocenters. The molecule has 1 aliphatic rings. The summed E-state index contributed by atoms with van der Waals surface area (Å²) in [7, 11) is 0. The van der Waals surface area contributed by atoms with Crippen LogP contribution in [0, 0.1) is 6.92 Å². The highest BCUT2D eigenvalue weighted by Gasteiger charge is 2.17. The van der Waals surface area contributed by atoms with Gasteiger partial charge in [0.1, 0.15) is 0 Å². The van der Waals surface area contributed by atoms with Crippen LogP contribution in [0.25, 0.3) is 0 Å². The summed E-state index contributed by atoms with van der Waals surface area (Å²) < 4.78 is 5.31. The van der Waals surface area contributed by atoms with Gasteiger partial charge in [-0.1, -0.05) is 0 Å². The van der Waals surface area contributed by atoms with Gasteiger partial charge in [-0.25, -0.2) is 4.79 Å². The zero-order valence-corrected chi connectivity index (χ0v) is 11.1. The molecule has 18 heavy (non-hydrogen) atoms. The molecule has 0 radical (unpaired) electrons. The average molecular weight is 267 g/mol. The largest absolute Gasteiger partial charge is 0.478 e. The Hall–Kier alpha value is -1.20. The number of rotatable bonds is 3. The van der Waals surface area contributed by atoms with Crippen LogP contribution in [-0.2, 0) is 4.74 Å². The van der Waals surface area contributed by atoms with Crippen molar-refractivity contribution in [1.82, 2.24) is 0 Å². The van der Waals surface area contributed by atoms with E-state index in [1.807, 2.05) is 13.0 Å². The molecular weight excluding hydrogens is 250 g/mol. The fourth-order valence-electron chi connectivity index (χ4n) is 2.00. The molecule has 1 heterocycles. The van der Waals surface area contributed by atoms with E-state index in [2.05, 4.69) is 0 Å². The molecule has 0 aromatic heterocycles. The zero-order chi connectivity index (χ0) is 13.1. The Morgan fingerprint density at radius 3 is 2.72 bits per heavy atom. The van der Waals surface area contributed by atoms with Crippen LogP contribution < -0.4 is 5.73 Å². The van der Waals surface area contributed by atoms with Gasteiger partial charge in [-0.15, -0.1) is 11.8 Å². The standard InChI is InChI=1S/C13H17NO3S/c1-8-6-10(7-11(12(8)14)13(15)16)18-9-2-4-17-5-3-9/h6-7,9H,2-5,14H2,1H3,(H,15,16). The lowest BCUT2D eigenvalue weighted by Gasteiger charge is -2.22. The summed E-state index contributed by atoms with van der Waals surface area (Å²) >= 11 is 1.72. The number of hydrogen-bond donors (Lipinski definition) is 2. The van der Waals surface area contributed by atoms with E-state index in [1.54, 1.807) is 17.8 Å². The molecule has 0 amide bonds. The first-order valence-electron chi connectivity index (χ1n) is 5.95. The first-order valence-corrected chi connectivity index (χ1v) is 6.83. The molecule has 0 bridgehead atoms. The molecule has 0 saturated carbocycles. The Bertz CT molecular complexity index is 456. The lowest BCUT2D eigenvalue weighted by molar-refractivity contribution is 0.0697. The van der Waals surface area contributed by atoms with E-state index in [9.17, 15) is 4.79 Å². The fraction of sp³-hybridized carbons (Fsp3) is 0.462. The average Bonchev–Trinajstić information content (AvgIpc) is 2.34. The van der Waals surface area contributed by atoms with E-state index in [-0.39, 0.29) is 5.56 Å². The number of thioether (sulfide) groups is 1. The van der Waals surface area contributed by atoms with Crippen molar-refractivity contribution in [3.63, 3.8) is 0 Å². The Morgan fingerprint density at radius 2 is 2.11 bits per heavy atom. The number of ether oxygens (including phenoxy) is 1. The van der Waals surface area contributed by atoms with E-state index >= 15 is 0 Å². The van der Waals surface area contributed by atoms with Gasteiger partial charge in [-0.2, -0.15) is 0 Å². The lowest BCUT2D eigenvalue weighted by atomic mass is 10.1. The smallest absolute Gasteiger partial charge is 0.337 e. The van der Waals surface area contributed by atoms with E-state index in [1.165, 1.54) is 0 Å². The zero-order valence-electron chi connectivity index (χ0n) is 10.3. The number of anilines is 1. The number of carboxylic acids is 1. The minimum atomic E-state index is -0.968. The third kappa shape index (κ3) is 2.97. The van der Waals surface area contributed by atoms with Gasteiger partial charge < -0.3 is 15.6 Å². The maximum atomic E-state index is 11.1. The molecule has 4 nitrogen and oxygen atoms in total. The summed E-state index contributed by atoms with van der Waals surface area (Å²) in [6.45, 7) is 3.42. The highest BCUT2D eigenvalue weighted by atomic mass is 32.2. The SMILES string of the molecule is Cc1cc(SC2CCOCC2)cc(C(=O)O)c1N. The molecule has 0 atom stereocenters. The normalized spacial score (nSPS) is 16.7. The summed E-state index contributed by atoms with van der Waals surface area (Å²) in [5.41, 5.74) is 7.16. The van der Waals surface area contributed by atoms with E-state index < -0.39 is 5.97 Å². The van der Waals surface area contributed by atoms with Crippen molar-refractivity contribution < 1.29 is 14.6 Å². The number of nitrogen functional groups attached to an aromatic ring is 1. The van der Waals surface area contributed by atoms with Crippen molar-refractivity contribution in [2.75, 3.05) is 18.9 Å². The van der Waals surface area contributed by atoms with Gasteiger partial charge in [0.05, 0.1) is 5.56 Å². The van der Waals surface area contributed by atoms with Crippen molar-refractivity contribution >= 4 is 23.4 Å². The molecule has 1 saturated heterocycles. The Kier molecular flexibility index (Phi) is 4.14. The number of nitrogens with two attached hydrogens (primary N) is 1. The maximum absolute atomic E-state index is 11.1. The van der Waals surface area contributed by atoms with Crippen molar-refractivity contribution in [1.29, 1.82) is 0 Å².